The smallest absolute Gasteiger partial charge is 0.523 e. The molecule has 0 aromatic heterocycles. The van der Waals surface area contributed by atoms with Crippen LogP contribution in [0.1, 0.15) is 17.5 Å². The first-order chi connectivity index (χ1) is 5.40. The van der Waals surface area contributed by atoms with Gasteiger partial charge in [-0.3, -0.25) is 0 Å². The molecule has 1 nitrogen and oxygen atoms in total. The molecule has 0 spiro atoms. The SMILES string of the molecule is COc1[c-]cc2c(c1)CCC2.[Li+]. The third-order valence-corrected chi connectivity index (χ3v) is 2.22. The molecule has 0 saturated heterocycles. The van der Waals surface area contributed by atoms with Gasteiger partial charge < -0.3 is 4.74 Å². The fourth-order valence-corrected chi connectivity index (χ4v) is 1.60. The van der Waals surface area contributed by atoms with Crippen LogP contribution in [0.2, 0.25) is 0 Å². The quantitative estimate of drug-likeness (QED) is 0.372. The molecule has 0 amide bonds. The van der Waals surface area contributed by atoms with Gasteiger partial charge in [-0.1, -0.05) is 19.3 Å². The van der Waals surface area contributed by atoms with E-state index in [9.17, 15) is 0 Å². The fourth-order valence-electron chi connectivity index (χ4n) is 1.60. The summed E-state index contributed by atoms with van der Waals surface area (Å²) >= 11 is 0. The van der Waals surface area contributed by atoms with E-state index in [-0.39, 0.29) is 18.9 Å². The number of hydrogen-bond donors (Lipinski definition) is 0. The Balaban J connectivity index is 0.000000720. The fraction of sp³-hybridized carbons (Fsp3) is 0.400. The molecule has 0 N–H and O–H groups in total. The first kappa shape index (κ1) is 9.70. The maximum absolute atomic E-state index is 5.08. The molecule has 0 heterocycles. The van der Waals surface area contributed by atoms with Crippen LogP contribution in [-0.4, -0.2) is 7.11 Å². The number of benzene rings is 1. The van der Waals surface area contributed by atoms with E-state index in [1.807, 2.05) is 0 Å². The van der Waals surface area contributed by atoms with Gasteiger partial charge in [0.05, 0.1) is 7.11 Å². The summed E-state index contributed by atoms with van der Waals surface area (Å²) in [7, 11) is 1.69. The number of methoxy groups -OCH3 is 1. The molecule has 0 bridgehead atoms. The van der Waals surface area contributed by atoms with Crippen molar-refractivity contribution in [3.05, 3.63) is 29.3 Å². The Hall–Kier alpha value is -0.383. The minimum absolute atomic E-state index is 0. The largest absolute Gasteiger partial charge is 1.00 e. The van der Waals surface area contributed by atoms with Crippen molar-refractivity contribution in [3.63, 3.8) is 0 Å². The third kappa shape index (κ3) is 1.68. The van der Waals surface area contributed by atoms with Gasteiger partial charge in [-0.25, -0.2) is 0 Å². The molecular formula is C10H11LiO. The van der Waals surface area contributed by atoms with Crippen molar-refractivity contribution in [2.45, 2.75) is 19.3 Å². The van der Waals surface area contributed by atoms with Gasteiger partial charge in [0, 0.05) is 5.75 Å². The molecular weight excluding hydrogens is 143 g/mol. The summed E-state index contributed by atoms with van der Waals surface area (Å²) in [6.45, 7) is 0. The summed E-state index contributed by atoms with van der Waals surface area (Å²) in [5, 5.41) is 0. The maximum Gasteiger partial charge on any atom is 1.00 e. The van der Waals surface area contributed by atoms with Gasteiger partial charge in [0.15, 0.2) is 0 Å². The van der Waals surface area contributed by atoms with Gasteiger partial charge in [-0.15, -0.1) is 12.1 Å². The van der Waals surface area contributed by atoms with E-state index in [1.165, 1.54) is 30.4 Å². The van der Waals surface area contributed by atoms with E-state index < -0.39 is 0 Å². The van der Waals surface area contributed by atoms with Crippen LogP contribution in [0.3, 0.4) is 0 Å². The second-order valence-corrected chi connectivity index (χ2v) is 2.91. The molecule has 0 atom stereocenters. The van der Waals surface area contributed by atoms with E-state index in [1.54, 1.807) is 7.11 Å². The molecule has 1 aliphatic carbocycles. The molecule has 0 saturated carbocycles. The van der Waals surface area contributed by atoms with Crippen molar-refractivity contribution in [1.82, 2.24) is 0 Å². The summed E-state index contributed by atoms with van der Waals surface area (Å²) in [5.41, 5.74) is 2.89. The summed E-state index contributed by atoms with van der Waals surface area (Å²) in [5.74, 6) is 0.866. The number of hydrogen-bond acceptors (Lipinski definition) is 1. The molecule has 1 aliphatic rings. The van der Waals surface area contributed by atoms with Crippen molar-refractivity contribution < 1.29 is 23.6 Å². The first-order valence-corrected chi connectivity index (χ1v) is 3.97. The van der Waals surface area contributed by atoms with E-state index >= 15 is 0 Å². The third-order valence-electron chi connectivity index (χ3n) is 2.22. The Morgan fingerprint density at radius 1 is 1.33 bits per heavy atom. The molecule has 2 rings (SSSR count). The van der Waals surface area contributed by atoms with Crippen LogP contribution in [0.4, 0.5) is 0 Å². The normalized spacial score (nSPS) is 13.4. The zero-order chi connectivity index (χ0) is 7.68. The summed E-state index contributed by atoms with van der Waals surface area (Å²) in [6.07, 6.45) is 3.71. The van der Waals surface area contributed by atoms with E-state index in [4.69, 9.17) is 4.74 Å². The van der Waals surface area contributed by atoms with Gasteiger partial charge in [-0.05, 0) is 0 Å². The van der Waals surface area contributed by atoms with Crippen molar-refractivity contribution in [1.29, 1.82) is 0 Å². The average Bonchev–Trinajstić information content (AvgIpc) is 2.50. The van der Waals surface area contributed by atoms with Gasteiger partial charge in [-0.2, -0.15) is 17.2 Å². The first-order valence-electron chi connectivity index (χ1n) is 3.97. The van der Waals surface area contributed by atoms with Crippen LogP contribution in [-0.2, 0) is 12.8 Å². The minimum atomic E-state index is 0. The number of fused-ring (bicyclic) bond motifs is 1. The van der Waals surface area contributed by atoms with E-state index in [0.29, 0.717) is 0 Å². The standard InChI is InChI=1S/C10H11O.Li/c1-11-10-6-5-8-3-2-4-9(8)7-10;/h5,7H,2-4H2,1H3;/q-1;+1. The molecule has 0 radical (unpaired) electrons. The van der Waals surface area contributed by atoms with Crippen LogP contribution < -0.4 is 23.6 Å². The topological polar surface area (TPSA) is 9.23 Å². The molecule has 0 fully saturated rings. The molecule has 12 heavy (non-hydrogen) atoms. The van der Waals surface area contributed by atoms with Crippen molar-refractivity contribution in [2.24, 2.45) is 0 Å². The molecule has 1 aromatic rings. The van der Waals surface area contributed by atoms with Crippen LogP contribution in [0.15, 0.2) is 12.1 Å². The Morgan fingerprint density at radius 2 is 2.08 bits per heavy atom. The Bertz CT molecular complexity index is 271. The zero-order valence-corrected chi connectivity index (χ0v) is 7.68. The molecule has 58 valence electrons. The Kier molecular flexibility index (Phi) is 3.26. The Labute approximate surface area is 85.3 Å². The van der Waals surface area contributed by atoms with Crippen LogP contribution in [0.5, 0.6) is 5.75 Å². The number of ether oxygens (including phenoxy) is 1. The van der Waals surface area contributed by atoms with Crippen LogP contribution in [0, 0.1) is 6.07 Å². The van der Waals surface area contributed by atoms with Crippen molar-refractivity contribution in [2.75, 3.05) is 7.11 Å². The van der Waals surface area contributed by atoms with Crippen LogP contribution >= 0.6 is 0 Å². The predicted octanol–water partition coefficient (Wildman–Crippen LogP) is -1.01. The van der Waals surface area contributed by atoms with Gasteiger partial charge in [0.1, 0.15) is 0 Å². The average molecular weight is 154 g/mol. The minimum Gasteiger partial charge on any atom is -0.523 e. The second kappa shape index (κ2) is 4.03. The zero-order valence-electron chi connectivity index (χ0n) is 7.68. The Morgan fingerprint density at radius 3 is 2.83 bits per heavy atom. The van der Waals surface area contributed by atoms with Crippen LogP contribution in [0.25, 0.3) is 0 Å². The van der Waals surface area contributed by atoms with Crippen molar-refractivity contribution in [3.8, 4) is 5.75 Å². The molecule has 2 heteroatoms. The summed E-state index contributed by atoms with van der Waals surface area (Å²) in [4.78, 5) is 0. The number of aryl methyl sites for hydroxylation is 2. The van der Waals surface area contributed by atoms with Gasteiger partial charge in [0.2, 0.25) is 0 Å². The van der Waals surface area contributed by atoms with Crippen molar-refractivity contribution >= 4 is 0 Å². The van der Waals surface area contributed by atoms with Gasteiger partial charge >= 0.3 is 18.9 Å². The maximum atomic E-state index is 5.08. The van der Waals surface area contributed by atoms with E-state index in [2.05, 4.69) is 18.2 Å². The molecule has 1 aromatic carbocycles. The molecule has 0 aliphatic heterocycles. The summed E-state index contributed by atoms with van der Waals surface area (Å²) < 4.78 is 5.08. The monoisotopic (exact) mass is 154 g/mol. The molecule has 0 unspecified atom stereocenters. The van der Waals surface area contributed by atoms with E-state index in [0.717, 1.165) is 5.75 Å². The summed E-state index contributed by atoms with van der Waals surface area (Å²) in [6, 6.07) is 7.25. The second-order valence-electron chi connectivity index (χ2n) is 2.91. The van der Waals surface area contributed by atoms with Gasteiger partial charge in [0.25, 0.3) is 0 Å². The predicted molar refractivity (Wildman–Crippen MR) is 43.9 cm³/mol. The number of rotatable bonds is 1.